The number of rotatable bonds is 6. The highest BCUT2D eigenvalue weighted by atomic mass is 32.1. The highest BCUT2D eigenvalue weighted by Gasteiger charge is 2.46. The summed E-state index contributed by atoms with van der Waals surface area (Å²) in [6.45, 7) is 11.5. The number of aliphatic hydroxyl groups is 1. The van der Waals surface area contributed by atoms with Crippen LogP contribution in [0.1, 0.15) is 60.4 Å². The zero-order valence-electron chi connectivity index (χ0n) is 20.2. The molecule has 1 saturated heterocycles. The van der Waals surface area contributed by atoms with E-state index in [4.69, 9.17) is 0 Å². The Hall–Kier alpha value is -2.44. The fraction of sp³-hybridized carbons (Fsp3) is 0.462. The summed E-state index contributed by atoms with van der Waals surface area (Å²) in [5.41, 5.74) is 3.66. The van der Waals surface area contributed by atoms with Crippen molar-refractivity contribution in [3.8, 4) is 0 Å². The molecule has 6 heteroatoms. The van der Waals surface area contributed by atoms with Gasteiger partial charge in [-0.1, -0.05) is 32.9 Å². The molecule has 5 nitrogen and oxygen atoms in total. The molecule has 1 aliphatic heterocycles. The summed E-state index contributed by atoms with van der Waals surface area (Å²) in [6.07, 6.45) is 0.750. The standard InChI is InChI=1S/C26H34N2O3S/c1-16-9-10-18(26(3,4)5)15-19(16)22(29)20-21(24-17(2)11-14-32-24)28(25(31)23(20)30)13-8-12-27(6)7/h9-11,14-15,21,29H,8,12-13H2,1-7H3/b22-20+. The lowest BCUT2D eigenvalue weighted by atomic mass is 9.84. The van der Waals surface area contributed by atoms with Gasteiger partial charge < -0.3 is 14.9 Å². The Morgan fingerprint density at radius 2 is 1.81 bits per heavy atom. The summed E-state index contributed by atoms with van der Waals surface area (Å²) in [5, 5.41) is 13.4. The van der Waals surface area contributed by atoms with Crippen LogP contribution >= 0.6 is 11.3 Å². The molecular weight excluding hydrogens is 420 g/mol. The molecule has 172 valence electrons. The number of hydrogen-bond donors (Lipinski definition) is 1. The van der Waals surface area contributed by atoms with Crippen LogP contribution in [0, 0.1) is 13.8 Å². The van der Waals surface area contributed by atoms with Crippen molar-refractivity contribution in [1.82, 2.24) is 9.80 Å². The van der Waals surface area contributed by atoms with Gasteiger partial charge in [0.1, 0.15) is 5.76 Å². The fourth-order valence-corrected chi connectivity index (χ4v) is 5.14. The second kappa shape index (κ2) is 9.20. The summed E-state index contributed by atoms with van der Waals surface area (Å²) in [4.78, 5) is 30.9. The lowest BCUT2D eigenvalue weighted by Gasteiger charge is -2.26. The second-order valence-electron chi connectivity index (χ2n) is 9.90. The summed E-state index contributed by atoms with van der Waals surface area (Å²) in [7, 11) is 3.97. The number of benzene rings is 1. The number of amides is 1. The van der Waals surface area contributed by atoms with Crippen LogP contribution in [0.15, 0.2) is 35.2 Å². The quantitative estimate of drug-likeness (QED) is 0.378. The van der Waals surface area contributed by atoms with E-state index in [1.165, 1.54) is 11.3 Å². The van der Waals surface area contributed by atoms with Crippen LogP contribution in [-0.2, 0) is 15.0 Å². The lowest BCUT2D eigenvalue weighted by Crippen LogP contribution is -2.32. The van der Waals surface area contributed by atoms with Crippen molar-refractivity contribution in [3.05, 3.63) is 62.3 Å². The fourth-order valence-electron chi connectivity index (χ4n) is 4.09. The van der Waals surface area contributed by atoms with E-state index in [-0.39, 0.29) is 16.7 Å². The molecule has 1 aliphatic rings. The molecule has 0 aliphatic carbocycles. The summed E-state index contributed by atoms with van der Waals surface area (Å²) < 4.78 is 0. The van der Waals surface area contributed by atoms with Crippen molar-refractivity contribution in [3.63, 3.8) is 0 Å². The third-order valence-electron chi connectivity index (χ3n) is 6.05. The number of aliphatic hydroxyl groups excluding tert-OH is 1. The first-order valence-corrected chi connectivity index (χ1v) is 11.9. The normalized spacial score (nSPS) is 18.8. The SMILES string of the molecule is Cc1ccc(C(C)(C)C)cc1/C(O)=C1\C(=O)C(=O)N(CCCN(C)C)C1c1sccc1C. The van der Waals surface area contributed by atoms with Crippen molar-refractivity contribution >= 4 is 28.8 Å². The van der Waals surface area contributed by atoms with Gasteiger partial charge in [0.05, 0.1) is 11.6 Å². The Morgan fingerprint density at radius 1 is 1.12 bits per heavy atom. The zero-order valence-corrected chi connectivity index (χ0v) is 21.0. The van der Waals surface area contributed by atoms with E-state index in [9.17, 15) is 14.7 Å². The molecule has 0 saturated carbocycles. The van der Waals surface area contributed by atoms with Gasteiger partial charge in [-0.2, -0.15) is 0 Å². The molecule has 1 unspecified atom stereocenters. The van der Waals surface area contributed by atoms with Crippen molar-refractivity contribution in [2.24, 2.45) is 0 Å². The smallest absolute Gasteiger partial charge is 0.295 e. The van der Waals surface area contributed by atoms with Gasteiger partial charge in [-0.05, 0) is 80.5 Å². The van der Waals surface area contributed by atoms with Crippen LogP contribution in [0.3, 0.4) is 0 Å². The number of hydrogen-bond acceptors (Lipinski definition) is 5. The number of thiophene rings is 1. The van der Waals surface area contributed by atoms with Gasteiger partial charge in [0.15, 0.2) is 0 Å². The number of aryl methyl sites for hydroxylation is 2. The van der Waals surface area contributed by atoms with Crippen LogP contribution in [0.5, 0.6) is 0 Å². The minimum absolute atomic E-state index is 0.0835. The first-order valence-electron chi connectivity index (χ1n) is 11.0. The summed E-state index contributed by atoms with van der Waals surface area (Å²) in [6, 6.07) is 7.39. The van der Waals surface area contributed by atoms with E-state index >= 15 is 0 Å². The average molecular weight is 455 g/mol. The maximum Gasteiger partial charge on any atom is 0.295 e. The maximum atomic E-state index is 13.2. The van der Waals surface area contributed by atoms with E-state index in [0.29, 0.717) is 12.1 Å². The molecule has 1 amide bonds. The molecule has 1 atom stereocenters. The highest BCUT2D eigenvalue weighted by molar-refractivity contribution is 7.10. The molecule has 1 aromatic carbocycles. The average Bonchev–Trinajstić information content (AvgIpc) is 3.22. The number of ketones is 1. The van der Waals surface area contributed by atoms with Crippen molar-refractivity contribution < 1.29 is 14.7 Å². The van der Waals surface area contributed by atoms with Crippen LogP contribution in [0.25, 0.3) is 5.76 Å². The molecule has 0 bridgehead atoms. The molecule has 2 heterocycles. The number of nitrogens with zero attached hydrogens (tertiary/aromatic N) is 2. The van der Waals surface area contributed by atoms with Gasteiger partial charge in [-0.15, -0.1) is 11.3 Å². The highest BCUT2D eigenvalue weighted by Crippen LogP contribution is 2.43. The summed E-state index contributed by atoms with van der Waals surface area (Å²) in [5.74, 6) is -1.22. The van der Waals surface area contributed by atoms with Gasteiger partial charge in [-0.25, -0.2) is 0 Å². The van der Waals surface area contributed by atoms with Crippen LogP contribution in [-0.4, -0.2) is 53.8 Å². The minimum Gasteiger partial charge on any atom is -0.507 e. The largest absolute Gasteiger partial charge is 0.507 e. The Labute approximate surface area is 195 Å². The molecule has 3 rings (SSSR count). The van der Waals surface area contributed by atoms with Crippen molar-refractivity contribution in [1.29, 1.82) is 0 Å². The van der Waals surface area contributed by atoms with Crippen molar-refractivity contribution in [2.45, 2.75) is 52.5 Å². The predicted molar refractivity (Wildman–Crippen MR) is 131 cm³/mol. The summed E-state index contributed by atoms with van der Waals surface area (Å²) >= 11 is 1.52. The minimum atomic E-state index is -0.606. The molecule has 0 radical (unpaired) electrons. The van der Waals surface area contributed by atoms with Gasteiger partial charge >= 0.3 is 0 Å². The van der Waals surface area contributed by atoms with E-state index in [0.717, 1.165) is 34.5 Å². The van der Waals surface area contributed by atoms with Gasteiger partial charge in [0.2, 0.25) is 0 Å². The number of carbonyl (C=O) groups excluding carboxylic acids is 2. The van der Waals surface area contributed by atoms with Crippen LogP contribution in [0.4, 0.5) is 0 Å². The molecule has 0 spiro atoms. The molecule has 2 aromatic rings. The van der Waals surface area contributed by atoms with Gasteiger partial charge in [0.25, 0.3) is 11.7 Å². The molecular formula is C26H34N2O3S. The molecule has 32 heavy (non-hydrogen) atoms. The molecule has 1 fully saturated rings. The van der Waals surface area contributed by atoms with E-state index < -0.39 is 17.7 Å². The van der Waals surface area contributed by atoms with Crippen LogP contribution in [0.2, 0.25) is 0 Å². The number of likely N-dealkylation sites (tertiary alicyclic amines) is 1. The van der Waals surface area contributed by atoms with Crippen LogP contribution < -0.4 is 0 Å². The Bertz CT molecular complexity index is 1060. The van der Waals surface area contributed by atoms with Gasteiger partial charge in [-0.3, -0.25) is 9.59 Å². The predicted octanol–water partition coefficient (Wildman–Crippen LogP) is 5.04. The van der Waals surface area contributed by atoms with Crippen molar-refractivity contribution in [2.75, 3.05) is 27.2 Å². The zero-order chi connectivity index (χ0) is 23.8. The topological polar surface area (TPSA) is 60.9 Å². The Morgan fingerprint density at radius 3 is 2.38 bits per heavy atom. The number of carbonyl (C=O) groups is 2. The van der Waals surface area contributed by atoms with E-state index in [1.807, 2.05) is 57.6 Å². The van der Waals surface area contributed by atoms with E-state index in [2.05, 4.69) is 25.7 Å². The third kappa shape index (κ3) is 4.66. The lowest BCUT2D eigenvalue weighted by molar-refractivity contribution is -0.139. The number of Topliss-reactive ketones (excluding diaryl/α,β-unsaturated/α-hetero) is 1. The molecule has 1 N–H and O–H groups in total. The first-order chi connectivity index (χ1) is 14.9. The molecule has 1 aromatic heterocycles. The maximum absolute atomic E-state index is 13.2. The third-order valence-corrected chi connectivity index (χ3v) is 7.12. The Balaban J connectivity index is 2.16. The van der Waals surface area contributed by atoms with E-state index in [1.54, 1.807) is 4.90 Å². The monoisotopic (exact) mass is 454 g/mol. The Kier molecular flexibility index (Phi) is 6.96. The van der Waals surface area contributed by atoms with Gasteiger partial charge in [0, 0.05) is 17.0 Å². The first kappa shape index (κ1) is 24.2. The second-order valence-corrected chi connectivity index (χ2v) is 10.8.